The van der Waals surface area contributed by atoms with Gasteiger partial charge < -0.3 is 5.32 Å². The number of nitrogens with zero attached hydrogens (tertiary/aromatic N) is 2. The summed E-state index contributed by atoms with van der Waals surface area (Å²) in [7, 11) is -1.59. The molecule has 0 bridgehead atoms. The molecule has 0 saturated carbocycles. The Morgan fingerprint density at radius 1 is 1.45 bits per heavy atom. The van der Waals surface area contributed by atoms with Gasteiger partial charge in [-0.3, -0.25) is 0 Å². The first-order valence-corrected chi connectivity index (χ1v) is 9.89. The van der Waals surface area contributed by atoms with Crippen LogP contribution in [0.25, 0.3) is 0 Å². The van der Waals surface area contributed by atoms with E-state index >= 15 is 0 Å². The van der Waals surface area contributed by atoms with E-state index in [0.29, 0.717) is 30.9 Å². The molecule has 1 N–H and O–H groups in total. The van der Waals surface area contributed by atoms with E-state index in [4.69, 9.17) is 0 Å². The van der Waals surface area contributed by atoms with Crippen molar-refractivity contribution in [2.45, 2.75) is 44.9 Å². The van der Waals surface area contributed by atoms with Gasteiger partial charge in [0.2, 0.25) is 0 Å². The SMILES string of the molecule is CCC1CN(S(=O)(=O)N(C)CCCNC(C)C)CCS1. The Labute approximate surface area is 128 Å². The summed E-state index contributed by atoms with van der Waals surface area (Å²) < 4.78 is 28.1. The highest BCUT2D eigenvalue weighted by molar-refractivity contribution is 8.00. The standard InChI is InChI=1S/C13H29N3O2S2/c1-5-13-11-16(9-10-19-13)20(17,18)15(4)8-6-7-14-12(2)3/h12-14H,5-11H2,1-4H3. The lowest BCUT2D eigenvalue weighted by atomic mass is 10.3. The van der Waals surface area contributed by atoms with Crippen molar-refractivity contribution >= 4 is 22.0 Å². The predicted molar refractivity (Wildman–Crippen MR) is 87.4 cm³/mol. The lowest BCUT2D eigenvalue weighted by Crippen LogP contribution is -2.48. The zero-order chi connectivity index (χ0) is 15.2. The number of thioether (sulfide) groups is 1. The number of hydrogen-bond donors (Lipinski definition) is 1. The third-order valence-electron chi connectivity index (χ3n) is 3.48. The normalized spacial score (nSPS) is 21.8. The molecule has 0 aliphatic carbocycles. The molecule has 1 aliphatic heterocycles. The lowest BCUT2D eigenvalue weighted by Gasteiger charge is -2.33. The maximum absolute atomic E-state index is 12.5. The molecule has 120 valence electrons. The van der Waals surface area contributed by atoms with Gasteiger partial charge in [0.05, 0.1) is 0 Å². The van der Waals surface area contributed by atoms with Crippen molar-refractivity contribution in [1.82, 2.24) is 13.9 Å². The molecule has 1 saturated heterocycles. The van der Waals surface area contributed by atoms with Crippen LogP contribution >= 0.6 is 11.8 Å². The van der Waals surface area contributed by atoms with Crippen LogP contribution in [0.3, 0.4) is 0 Å². The van der Waals surface area contributed by atoms with E-state index in [2.05, 4.69) is 26.1 Å². The van der Waals surface area contributed by atoms with Crippen LogP contribution in [0.15, 0.2) is 0 Å². The molecule has 1 atom stereocenters. The molecular formula is C13H29N3O2S2. The molecule has 0 amide bonds. The van der Waals surface area contributed by atoms with Gasteiger partial charge in [-0.25, -0.2) is 0 Å². The summed E-state index contributed by atoms with van der Waals surface area (Å²) in [6, 6.07) is 0.446. The minimum absolute atomic E-state index is 0.439. The molecule has 0 radical (unpaired) electrons. The molecule has 1 fully saturated rings. The van der Waals surface area contributed by atoms with E-state index in [1.165, 1.54) is 4.31 Å². The second kappa shape index (κ2) is 8.58. The van der Waals surface area contributed by atoms with Crippen LogP contribution in [0.2, 0.25) is 0 Å². The summed E-state index contributed by atoms with van der Waals surface area (Å²) in [5, 5.41) is 3.75. The van der Waals surface area contributed by atoms with E-state index in [9.17, 15) is 8.42 Å². The van der Waals surface area contributed by atoms with Gasteiger partial charge in [-0.05, 0) is 19.4 Å². The van der Waals surface area contributed by atoms with Gasteiger partial charge in [-0.1, -0.05) is 20.8 Å². The second-order valence-electron chi connectivity index (χ2n) is 5.55. The molecule has 0 aromatic rings. The van der Waals surface area contributed by atoms with Crippen LogP contribution < -0.4 is 5.32 Å². The highest BCUT2D eigenvalue weighted by Gasteiger charge is 2.31. The topological polar surface area (TPSA) is 52.7 Å². The van der Waals surface area contributed by atoms with Crippen LogP contribution in [0, 0.1) is 0 Å². The average Bonchev–Trinajstić information content (AvgIpc) is 2.43. The number of nitrogens with one attached hydrogen (secondary N) is 1. The van der Waals surface area contributed by atoms with Crippen LogP contribution in [0.4, 0.5) is 0 Å². The first-order chi connectivity index (χ1) is 9.37. The summed E-state index contributed by atoms with van der Waals surface area (Å²) in [5.74, 6) is 0.903. The smallest absolute Gasteiger partial charge is 0.281 e. The summed E-state index contributed by atoms with van der Waals surface area (Å²) in [4.78, 5) is 0. The maximum Gasteiger partial charge on any atom is 0.281 e. The zero-order valence-electron chi connectivity index (χ0n) is 13.1. The minimum atomic E-state index is -3.28. The minimum Gasteiger partial charge on any atom is -0.314 e. The van der Waals surface area contributed by atoms with Crippen LogP contribution in [0.1, 0.15) is 33.6 Å². The largest absolute Gasteiger partial charge is 0.314 e. The van der Waals surface area contributed by atoms with E-state index in [1.807, 2.05) is 11.8 Å². The van der Waals surface area contributed by atoms with Gasteiger partial charge in [0.25, 0.3) is 10.2 Å². The molecule has 1 aliphatic rings. The quantitative estimate of drug-likeness (QED) is 0.686. The average molecular weight is 324 g/mol. The van der Waals surface area contributed by atoms with E-state index in [-0.39, 0.29) is 0 Å². The Hall–Kier alpha value is 0.180. The van der Waals surface area contributed by atoms with Gasteiger partial charge in [-0.2, -0.15) is 28.8 Å². The van der Waals surface area contributed by atoms with Crippen LogP contribution in [-0.2, 0) is 10.2 Å². The maximum atomic E-state index is 12.5. The Morgan fingerprint density at radius 3 is 2.75 bits per heavy atom. The summed E-state index contributed by atoms with van der Waals surface area (Å²) in [6.45, 7) is 9.02. The van der Waals surface area contributed by atoms with Crippen molar-refractivity contribution in [3.8, 4) is 0 Å². The zero-order valence-corrected chi connectivity index (χ0v) is 14.8. The second-order valence-corrected chi connectivity index (χ2v) is 8.99. The van der Waals surface area contributed by atoms with Gasteiger partial charge >= 0.3 is 0 Å². The molecule has 1 heterocycles. The monoisotopic (exact) mass is 323 g/mol. The first-order valence-electron chi connectivity index (χ1n) is 7.44. The molecule has 1 unspecified atom stereocenters. The van der Waals surface area contributed by atoms with Crippen molar-refractivity contribution < 1.29 is 8.42 Å². The van der Waals surface area contributed by atoms with E-state index < -0.39 is 10.2 Å². The summed E-state index contributed by atoms with van der Waals surface area (Å²) in [5.41, 5.74) is 0. The fraction of sp³-hybridized carbons (Fsp3) is 1.00. The number of rotatable bonds is 8. The van der Waals surface area contributed by atoms with Crippen LogP contribution in [0.5, 0.6) is 0 Å². The molecule has 0 aromatic carbocycles. The fourth-order valence-corrected chi connectivity index (χ4v) is 4.99. The molecule has 0 spiro atoms. The summed E-state index contributed by atoms with van der Waals surface area (Å²) >= 11 is 1.88. The molecule has 20 heavy (non-hydrogen) atoms. The number of hydrogen-bond acceptors (Lipinski definition) is 4. The van der Waals surface area contributed by atoms with Gasteiger partial charge in [0.15, 0.2) is 0 Å². The van der Waals surface area contributed by atoms with Crippen molar-refractivity contribution in [1.29, 1.82) is 0 Å². The van der Waals surface area contributed by atoms with E-state index in [0.717, 1.165) is 25.1 Å². The Morgan fingerprint density at radius 2 is 2.15 bits per heavy atom. The van der Waals surface area contributed by atoms with Gasteiger partial charge in [0, 0.05) is 43.7 Å². The third-order valence-corrected chi connectivity index (χ3v) is 6.81. The Kier molecular flexibility index (Phi) is 7.82. The third kappa shape index (κ3) is 5.52. The van der Waals surface area contributed by atoms with Gasteiger partial charge in [0.1, 0.15) is 0 Å². The Bertz CT molecular complexity index is 374. The van der Waals surface area contributed by atoms with Crippen molar-refractivity contribution in [3.05, 3.63) is 0 Å². The fourth-order valence-electron chi connectivity index (χ4n) is 2.15. The molecule has 0 aromatic heterocycles. The predicted octanol–water partition coefficient (Wildman–Crippen LogP) is 1.38. The van der Waals surface area contributed by atoms with Crippen molar-refractivity contribution in [3.63, 3.8) is 0 Å². The molecule has 1 rings (SSSR count). The summed E-state index contributed by atoms with van der Waals surface area (Å²) in [6.07, 6.45) is 1.87. The van der Waals surface area contributed by atoms with Crippen molar-refractivity contribution in [2.75, 3.05) is 39.0 Å². The molecule has 7 heteroatoms. The van der Waals surface area contributed by atoms with Crippen molar-refractivity contribution in [2.24, 2.45) is 0 Å². The first kappa shape index (κ1) is 18.2. The highest BCUT2D eigenvalue weighted by Crippen LogP contribution is 2.23. The molecule has 5 nitrogen and oxygen atoms in total. The van der Waals surface area contributed by atoms with E-state index in [1.54, 1.807) is 11.4 Å². The highest BCUT2D eigenvalue weighted by atomic mass is 32.2. The lowest BCUT2D eigenvalue weighted by molar-refractivity contribution is 0.357. The molecular weight excluding hydrogens is 294 g/mol. The Balaban J connectivity index is 2.45. The van der Waals surface area contributed by atoms with Crippen LogP contribution in [-0.4, -0.2) is 67.3 Å². The van der Waals surface area contributed by atoms with Gasteiger partial charge in [-0.15, -0.1) is 0 Å².